The summed E-state index contributed by atoms with van der Waals surface area (Å²) >= 11 is 0. The lowest BCUT2D eigenvalue weighted by Gasteiger charge is -2.22. The Labute approximate surface area is 119 Å². The molecule has 0 aliphatic rings. The Morgan fingerprint density at radius 1 is 1.10 bits per heavy atom. The van der Waals surface area contributed by atoms with Crippen LogP contribution in [0.25, 0.3) is 0 Å². The molecule has 20 heavy (non-hydrogen) atoms. The zero-order valence-corrected chi connectivity index (χ0v) is 12.4. The SMILES string of the molecule is CC(=O)NC(CC(C)C)C(=O)NC(CCCN)C(N)=O. The van der Waals surface area contributed by atoms with Crippen molar-refractivity contribution in [1.82, 2.24) is 10.6 Å². The van der Waals surface area contributed by atoms with Gasteiger partial charge in [-0.1, -0.05) is 13.8 Å². The Kier molecular flexibility index (Phi) is 8.54. The second-order valence-electron chi connectivity index (χ2n) is 5.28. The highest BCUT2D eigenvalue weighted by Gasteiger charge is 2.25. The Morgan fingerprint density at radius 3 is 2.10 bits per heavy atom. The van der Waals surface area contributed by atoms with Gasteiger partial charge in [0.25, 0.3) is 0 Å². The van der Waals surface area contributed by atoms with Gasteiger partial charge in [0.1, 0.15) is 12.1 Å². The van der Waals surface area contributed by atoms with Crippen LogP contribution in [0.2, 0.25) is 0 Å². The summed E-state index contributed by atoms with van der Waals surface area (Å²) in [5.74, 6) is -1.05. The third-order valence-corrected chi connectivity index (χ3v) is 2.76. The van der Waals surface area contributed by atoms with Gasteiger partial charge < -0.3 is 22.1 Å². The zero-order chi connectivity index (χ0) is 15.7. The summed E-state index contributed by atoms with van der Waals surface area (Å²) in [5, 5.41) is 5.16. The van der Waals surface area contributed by atoms with Crippen molar-refractivity contribution in [3.05, 3.63) is 0 Å². The number of amides is 3. The van der Waals surface area contributed by atoms with Gasteiger partial charge >= 0.3 is 0 Å². The average Bonchev–Trinajstić information content (AvgIpc) is 2.31. The normalized spacial score (nSPS) is 13.7. The van der Waals surface area contributed by atoms with E-state index in [0.29, 0.717) is 25.8 Å². The van der Waals surface area contributed by atoms with E-state index in [-0.39, 0.29) is 11.8 Å². The van der Waals surface area contributed by atoms with Crippen molar-refractivity contribution >= 4 is 17.7 Å². The molecule has 2 atom stereocenters. The number of hydrogen-bond donors (Lipinski definition) is 4. The minimum absolute atomic E-state index is 0.230. The Morgan fingerprint density at radius 2 is 1.70 bits per heavy atom. The van der Waals surface area contributed by atoms with Gasteiger partial charge in [-0.3, -0.25) is 14.4 Å². The second kappa shape index (κ2) is 9.30. The minimum Gasteiger partial charge on any atom is -0.368 e. The van der Waals surface area contributed by atoms with Crippen LogP contribution in [-0.2, 0) is 14.4 Å². The molecule has 0 bridgehead atoms. The highest BCUT2D eigenvalue weighted by atomic mass is 16.2. The summed E-state index contributed by atoms with van der Waals surface area (Å²) in [6.07, 6.45) is 1.47. The van der Waals surface area contributed by atoms with Crippen molar-refractivity contribution in [3.63, 3.8) is 0 Å². The van der Waals surface area contributed by atoms with E-state index in [4.69, 9.17) is 11.5 Å². The first-order valence-electron chi connectivity index (χ1n) is 6.84. The quantitative estimate of drug-likeness (QED) is 0.444. The van der Waals surface area contributed by atoms with Crippen molar-refractivity contribution in [2.75, 3.05) is 6.54 Å². The minimum atomic E-state index is -0.755. The molecule has 7 nitrogen and oxygen atoms in total. The summed E-state index contributed by atoms with van der Waals surface area (Å²) in [5.41, 5.74) is 10.6. The Bertz CT molecular complexity index is 345. The molecule has 0 rings (SSSR count). The van der Waals surface area contributed by atoms with Crippen molar-refractivity contribution < 1.29 is 14.4 Å². The van der Waals surface area contributed by atoms with Gasteiger partial charge in [-0.05, 0) is 31.7 Å². The predicted molar refractivity (Wildman–Crippen MR) is 76.5 cm³/mol. The third kappa shape index (κ3) is 7.73. The molecule has 0 fully saturated rings. The van der Waals surface area contributed by atoms with Crippen LogP contribution >= 0.6 is 0 Å². The van der Waals surface area contributed by atoms with Crippen LogP contribution < -0.4 is 22.1 Å². The summed E-state index contributed by atoms with van der Waals surface area (Å²) < 4.78 is 0. The van der Waals surface area contributed by atoms with Gasteiger partial charge in [0.05, 0.1) is 0 Å². The van der Waals surface area contributed by atoms with E-state index in [1.807, 2.05) is 13.8 Å². The molecule has 0 saturated heterocycles. The number of primary amides is 1. The molecule has 0 heterocycles. The van der Waals surface area contributed by atoms with Crippen molar-refractivity contribution in [2.24, 2.45) is 17.4 Å². The van der Waals surface area contributed by atoms with Gasteiger partial charge in [0.15, 0.2) is 0 Å². The molecule has 116 valence electrons. The zero-order valence-electron chi connectivity index (χ0n) is 12.4. The molecule has 0 saturated carbocycles. The second-order valence-corrected chi connectivity index (χ2v) is 5.28. The van der Waals surface area contributed by atoms with E-state index in [1.54, 1.807) is 0 Å². The molecule has 0 aromatic carbocycles. The van der Waals surface area contributed by atoms with Gasteiger partial charge in [-0.25, -0.2) is 0 Å². The monoisotopic (exact) mass is 286 g/mol. The molecule has 3 amide bonds. The van der Waals surface area contributed by atoms with Crippen LogP contribution in [0, 0.1) is 5.92 Å². The lowest BCUT2D eigenvalue weighted by atomic mass is 10.0. The van der Waals surface area contributed by atoms with Crippen molar-refractivity contribution in [1.29, 1.82) is 0 Å². The van der Waals surface area contributed by atoms with E-state index < -0.39 is 23.9 Å². The molecule has 0 aliphatic carbocycles. The molecule has 0 radical (unpaired) electrons. The molecule has 0 aromatic rings. The summed E-state index contributed by atoms with van der Waals surface area (Å²) in [6, 6.07) is -1.42. The van der Waals surface area contributed by atoms with E-state index in [9.17, 15) is 14.4 Å². The maximum atomic E-state index is 12.1. The molecule has 0 spiro atoms. The highest BCUT2D eigenvalue weighted by molar-refractivity contribution is 5.91. The summed E-state index contributed by atoms with van der Waals surface area (Å²) in [7, 11) is 0. The fourth-order valence-electron chi connectivity index (χ4n) is 1.83. The molecule has 0 aromatic heterocycles. The molecular weight excluding hydrogens is 260 g/mol. The van der Waals surface area contributed by atoms with Crippen molar-refractivity contribution in [2.45, 2.75) is 52.1 Å². The number of nitrogens with one attached hydrogen (secondary N) is 2. The smallest absolute Gasteiger partial charge is 0.243 e. The standard InChI is InChI=1S/C13H26N4O3/c1-8(2)7-11(16-9(3)18)13(20)17-10(12(15)19)5-4-6-14/h8,10-11H,4-7,14H2,1-3H3,(H2,15,19)(H,16,18)(H,17,20). The van der Waals surface area contributed by atoms with Gasteiger partial charge in [-0.2, -0.15) is 0 Å². The molecule has 6 N–H and O–H groups in total. The van der Waals surface area contributed by atoms with Gasteiger partial charge in [-0.15, -0.1) is 0 Å². The summed E-state index contributed by atoms with van der Waals surface area (Å²) in [6.45, 7) is 5.66. The number of carbonyl (C=O) groups is 3. The van der Waals surface area contributed by atoms with E-state index in [0.717, 1.165) is 0 Å². The first-order chi connectivity index (χ1) is 9.27. The van der Waals surface area contributed by atoms with Gasteiger partial charge in [0, 0.05) is 6.92 Å². The number of nitrogens with two attached hydrogens (primary N) is 2. The maximum absolute atomic E-state index is 12.1. The predicted octanol–water partition coefficient (Wildman–Crippen LogP) is -0.754. The van der Waals surface area contributed by atoms with Crippen molar-refractivity contribution in [3.8, 4) is 0 Å². The van der Waals surface area contributed by atoms with Crippen LogP contribution in [-0.4, -0.2) is 36.3 Å². The highest BCUT2D eigenvalue weighted by Crippen LogP contribution is 2.06. The fourth-order valence-corrected chi connectivity index (χ4v) is 1.83. The molecular formula is C13H26N4O3. The van der Waals surface area contributed by atoms with Gasteiger partial charge in [0.2, 0.25) is 17.7 Å². The van der Waals surface area contributed by atoms with Crippen LogP contribution in [0.3, 0.4) is 0 Å². The van der Waals surface area contributed by atoms with Crippen LogP contribution in [0.1, 0.15) is 40.0 Å². The largest absolute Gasteiger partial charge is 0.368 e. The Balaban J connectivity index is 4.68. The van der Waals surface area contributed by atoms with E-state index in [2.05, 4.69) is 10.6 Å². The number of carbonyl (C=O) groups excluding carboxylic acids is 3. The fraction of sp³-hybridized carbons (Fsp3) is 0.769. The molecule has 2 unspecified atom stereocenters. The number of rotatable bonds is 9. The lowest BCUT2D eigenvalue weighted by molar-refractivity contribution is -0.131. The maximum Gasteiger partial charge on any atom is 0.243 e. The molecule has 0 aliphatic heterocycles. The first-order valence-corrected chi connectivity index (χ1v) is 6.84. The van der Waals surface area contributed by atoms with Crippen LogP contribution in [0.5, 0.6) is 0 Å². The molecule has 7 heteroatoms. The topological polar surface area (TPSA) is 127 Å². The average molecular weight is 286 g/mol. The van der Waals surface area contributed by atoms with E-state index in [1.165, 1.54) is 6.92 Å². The first kappa shape index (κ1) is 18.4. The third-order valence-electron chi connectivity index (χ3n) is 2.76. The summed E-state index contributed by atoms with van der Waals surface area (Å²) in [4.78, 5) is 34.5. The Hall–Kier alpha value is -1.63. The van der Waals surface area contributed by atoms with E-state index >= 15 is 0 Å². The number of hydrogen-bond acceptors (Lipinski definition) is 4. The lowest BCUT2D eigenvalue weighted by Crippen LogP contribution is -2.53. The van der Waals surface area contributed by atoms with Crippen LogP contribution in [0.4, 0.5) is 0 Å². The van der Waals surface area contributed by atoms with Crippen LogP contribution in [0.15, 0.2) is 0 Å².